The van der Waals surface area contributed by atoms with Crippen LogP contribution < -0.4 is 0 Å². The number of thiol groups is 1. The van der Waals surface area contributed by atoms with Gasteiger partial charge in [-0.05, 0) is 12.2 Å². The molecule has 0 heterocycles. The van der Waals surface area contributed by atoms with Gasteiger partial charge in [0.15, 0.2) is 0 Å². The number of thiocarbonyl (C=S) groups is 1. The maximum atomic E-state index is 7.65. The monoisotopic (exact) mass is 176 g/mol. The van der Waals surface area contributed by atoms with Crippen molar-refractivity contribution in [3.63, 3.8) is 0 Å². The van der Waals surface area contributed by atoms with E-state index in [1.807, 2.05) is 0 Å². The summed E-state index contributed by atoms with van der Waals surface area (Å²) < 4.78 is -0.306. The van der Waals surface area contributed by atoms with E-state index in [-0.39, 0.29) is 21.5 Å². The zero-order chi connectivity index (χ0) is 3.58. The molecule has 0 saturated heterocycles. The van der Waals surface area contributed by atoms with Crippen LogP contribution in [0.4, 0.5) is 0 Å². The number of hydrogen-bond acceptors (Lipinski definition) is 1. The van der Waals surface area contributed by atoms with Crippen LogP contribution in [0, 0.1) is 0 Å². The maximum absolute atomic E-state index is 7.65. The second-order valence-electron chi connectivity index (χ2n) is 0.283. The van der Waals surface area contributed by atoms with Crippen molar-refractivity contribution in [1.82, 2.24) is 0 Å². The molecule has 0 radical (unpaired) electrons. The Morgan fingerprint density at radius 1 is 1.80 bits per heavy atom. The predicted molar refractivity (Wildman–Crippen MR) is 32.8 cm³/mol. The van der Waals surface area contributed by atoms with Gasteiger partial charge in [0.25, 0.3) is 0 Å². The van der Waals surface area contributed by atoms with E-state index in [4.69, 9.17) is 5.11 Å². The first-order chi connectivity index (χ1) is 1.73. The molecule has 0 aromatic rings. The van der Waals surface area contributed by atoms with Crippen molar-refractivity contribution in [3.8, 4) is 0 Å². The molecule has 1 N–H and O–H groups in total. The van der Waals surface area contributed by atoms with Crippen LogP contribution >= 0.6 is 24.8 Å². The molecule has 0 saturated carbocycles. The fraction of sp³-hybridized carbons (Fsp3) is 0. The molecule has 4 heteroatoms. The van der Waals surface area contributed by atoms with Crippen LogP contribution in [0.3, 0.4) is 0 Å². The molecule has 0 spiro atoms. The van der Waals surface area contributed by atoms with Crippen LogP contribution in [0.2, 0.25) is 0 Å². The average molecular weight is 175 g/mol. The van der Waals surface area contributed by atoms with Gasteiger partial charge in [-0.25, -0.2) is 0 Å². The minimum atomic E-state index is -0.306. The number of aliphatic hydroxyl groups is 1. The zero-order valence-corrected chi connectivity index (χ0v) is 6.11. The molecule has 0 amide bonds. The third kappa shape index (κ3) is 62.8. The summed E-state index contributed by atoms with van der Waals surface area (Å²) in [5, 5.41) is 7.65. The first kappa shape index (κ1) is 9.23. The van der Waals surface area contributed by atoms with Gasteiger partial charge in [0.05, 0.1) is 0 Å². The molecule has 5 heavy (non-hydrogen) atoms. The molecule has 0 rings (SSSR count). The Hall–Kier alpha value is 0.759. The summed E-state index contributed by atoms with van der Waals surface area (Å²) in [7, 11) is 0. The van der Waals surface area contributed by atoms with Gasteiger partial charge in [-0.15, -0.1) is 0 Å². The molecule has 0 unspecified atom stereocenters. The van der Waals surface area contributed by atoms with E-state index in [0.717, 1.165) is 0 Å². The molecule has 0 aliphatic carbocycles. The summed E-state index contributed by atoms with van der Waals surface area (Å²) in [5.41, 5.74) is 0. The van der Waals surface area contributed by atoms with Gasteiger partial charge >= 0.3 is 17.1 Å². The van der Waals surface area contributed by atoms with Crippen molar-refractivity contribution in [3.05, 3.63) is 0 Å². The first-order valence-electron chi connectivity index (χ1n) is 0.651. The standard InChI is InChI=1S/CH2OS2.H2Se/c2-1(3)4;/h(H2,2,3,4);1H2. The van der Waals surface area contributed by atoms with E-state index >= 15 is 0 Å². The summed E-state index contributed by atoms with van der Waals surface area (Å²) in [6.07, 6.45) is 0. The number of aliphatic hydroxyl groups excluding tert-OH is 1. The molecule has 32 valence electrons. The molecule has 0 fully saturated rings. The van der Waals surface area contributed by atoms with Crippen molar-refractivity contribution < 1.29 is 5.11 Å². The van der Waals surface area contributed by atoms with Crippen molar-refractivity contribution in [2.24, 2.45) is 0 Å². The molecular weight excluding hydrogens is 171 g/mol. The summed E-state index contributed by atoms with van der Waals surface area (Å²) in [5.74, 6) is 0. The summed E-state index contributed by atoms with van der Waals surface area (Å²) in [6, 6.07) is 0. The Morgan fingerprint density at radius 2 is 1.80 bits per heavy atom. The van der Waals surface area contributed by atoms with E-state index < -0.39 is 0 Å². The van der Waals surface area contributed by atoms with Crippen LogP contribution in [0.1, 0.15) is 0 Å². The van der Waals surface area contributed by atoms with Gasteiger partial charge in [0, 0.05) is 0 Å². The summed E-state index contributed by atoms with van der Waals surface area (Å²) >= 11 is 7.21. The Kier molecular flexibility index (Phi) is 8.79. The normalized spacial score (nSPS) is 5.00. The third-order valence-electron chi connectivity index (χ3n) is 0. The second kappa shape index (κ2) is 4.76. The van der Waals surface area contributed by atoms with Crippen LogP contribution in [-0.2, 0) is 0 Å². The Morgan fingerprint density at radius 3 is 1.80 bits per heavy atom. The molecule has 1 nitrogen and oxygen atoms in total. The van der Waals surface area contributed by atoms with Gasteiger partial charge in [-0.1, -0.05) is 12.6 Å². The van der Waals surface area contributed by atoms with Crippen LogP contribution in [0.5, 0.6) is 0 Å². The number of rotatable bonds is 0. The summed E-state index contributed by atoms with van der Waals surface area (Å²) in [4.78, 5) is 0. The van der Waals surface area contributed by atoms with Gasteiger partial charge in [-0.2, -0.15) is 0 Å². The second-order valence-corrected chi connectivity index (χ2v) is 1.40. The molecular formula is CH4OS2Se. The molecule has 0 aliphatic heterocycles. The van der Waals surface area contributed by atoms with Crippen molar-refractivity contribution in [2.45, 2.75) is 0 Å². The molecule has 0 atom stereocenters. The van der Waals surface area contributed by atoms with E-state index in [0.29, 0.717) is 0 Å². The van der Waals surface area contributed by atoms with Crippen molar-refractivity contribution >= 4 is 46.3 Å². The topological polar surface area (TPSA) is 20.2 Å². The fourth-order valence-electron chi connectivity index (χ4n) is 0. The Bertz CT molecular complexity index is 32.6. The fourth-order valence-corrected chi connectivity index (χ4v) is 0. The Balaban J connectivity index is 0. The summed E-state index contributed by atoms with van der Waals surface area (Å²) in [6.45, 7) is 0. The van der Waals surface area contributed by atoms with Gasteiger partial charge in [0.1, 0.15) is 0 Å². The van der Waals surface area contributed by atoms with Gasteiger partial charge < -0.3 is 5.11 Å². The third-order valence-corrected chi connectivity index (χ3v) is 0. The molecule has 0 aromatic heterocycles. The zero-order valence-electron chi connectivity index (χ0n) is 2.30. The van der Waals surface area contributed by atoms with Gasteiger partial charge in [0.2, 0.25) is 4.38 Å². The van der Waals surface area contributed by atoms with Gasteiger partial charge in [-0.3, -0.25) is 0 Å². The first-order valence-corrected chi connectivity index (χ1v) is 1.51. The van der Waals surface area contributed by atoms with E-state index in [9.17, 15) is 0 Å². The van der Waals surface area contributed by atoms with E-state index in [1.54, 1.807) is 0 Å². The van der Waals surface area contributed by atoms with E-state index in [1.165, 1.54) is 0 Å². The quantitative estimate of drug-likeness (QED) is 0.303. The SMILES string of the molecule is OC(=S)S.[SeH2]. The van der Waals surface area contributed by atoms with Crippen LogP contribution in [0.25, 0.3) is 0 Å². The predicted octanol–water partition coefficient (Wildman–Crippen LogP) is -0.157. The number of hydrogen-bond donors (Lipinski definition) is 2. The van der Waals surface area contributed by atoms with Crippen molar-refractivity contribution in [2.75, 3.05) is 0 Å². The van der Waals surface area contributed by atoms with Crippen molar-refractivity contribution in [1.29, 1.82) is 0 Å². The van der Waals surface area contributed by atoms with Crippen LogP contribution in [0.15, 0.2) is 0 Å². The van der Waals surface area contributed by atoms with Crippen LogP contribution in [-0.4, -0.2) is 26.6 Å². The van der Waals surface area contributed by atoms with E-state index in [2.05, 4.69) is 24.8 Å². The Labute approximate surface area is 51.6 Å². The molecule has 0 bridgehead atoms. The molecule has 0 aliphatic rings. The molecule has 0 aromatic carbocycles. The minimum absolute atomic E-state index is 0. The average Bonchev–Trinajstić information content (AvgIpc) is 0.811.